The molecule has 0 aromatic heterocycles. The molecule has 1 atom stereocenters. The highest BCUT2D eigenvalue weighted by Gasteiger charge is 2.27. The summed E-state index contributed by atoms with van der Waals surface area (Å²) < 4.78 is 0. The van der Waals surface area contributed by atoms with Crippen LogP contribution in [0.4, 0.5) is 0 Å². The summed E-state index contributed by atoms with van der Waals surface area (Å²) in [5.41, 5.74) is 5.61. The molecule has 1 rings (SSSR count). The summed E-state index contributed by atoms with van der Waals surface area (Å²) in [7, 11) is 0. The van der Waals surface area contributed by atoms with Gasteiger partial charge < -0.3 is 10.6 Å². The zero-order valence-electron chi connectivity index (χ0n) is 10.2. The van der Waals surface area contributed by atoms with Crippen LogP contribution in [0.25, 0.3) is 0 Å². The molecule has 0 spiro atoms. The molecule has 15 heavy (non-hydrogen) atoms. The first-order chi connectivity index (χ1) is 6.85. The Morgan fingerprint density at radius 2 is 2.07 bits per heavy atom. The van der Waals surface area contributed by atoms with Gasteiger partial charge in [-0.1, -0.05) is 13.8 Å². The maximum absolute atomic E-state index is 8.90. The molecular weight excluding hydrogens is 186 g/mol. The number of likely N-dealkylation sites (tertiary alicyclic amines) is 1. The van der Waals surface area contributed by atoms with Crippen molar-refractivity contribution in [3.05, 3.63) is 0 Å². The molecule has 86 valence electrons. The zero-order valence-corrected chi connectivity index (χ0v) is 10.2. The van der Waals surface area contributed by atoms with E-state index < -0.39 is 5.54 Å². The van der Waals surface area contributed by atoms with E-state index in [4.69, 9.17) is 11.0 Å². The van der Waals surface area contributed by atoms with E-state index in [-0.39, 0.29) is 0 Å². The van der Waals surface area contributed by atoms with Crippen molar-refractivity contribution in [1.29, 1.82) is 5.26 Å². The van der Waals surface area contributed by atoms with Crippen LogP contribution in [0.2, 0.25) is 0 Å². The average molecular weight is 209 g/mol. The molecule has 1 aliphatic rings. The second kappa shape index (κ2) is 4.51. The molecule has 3 nitrogen and oxygen atoms in total. The van der Waals surface area contributed by atoms with Crippen LogP contribution in [0.5, 0.6) is 0 Å². The largest absolute Gasteiger partial charge is 0.313 e. The Hall–Kier alpha value is -0.590. The fraction of sp³-hybridized carbons (Fsp3) is 0.917. The highest BCUT2D eigenvalue weighted by atomic mass is 15.1. The minimum atomic E-state index is -0.700. The molecule has 2 N–H and O–H groups in total. The fourth-order valence-corrected chi connectivity index (χ4v) is 2.14. The predicted molar refractivity (Wildman–Crippen MR) is 62.3 cm³/mol. The quantitative estimate of drug-likeness (QED) is 0.753. The maximum Gasteiger partial charge on any atom is 0.114 e. The first-order valence-electron chi connectivity index (χ1n) is 5.77. The highest BCUT2D eigenvalue weighted by molar-refractivity contribution is 5.03. The first kappa shape index (κ1) is 12.5. The van der Waals surface area contributed by atoms with Crippen LogP contribution in [0.1, 0.15) is 40.0 Å². The van der Waals surface area contributed by atoms with Gasteiger partial charge >= 0.3 is 0 Å². The summed E-state index contributed by atoms with van der Waals surface area (Å²) in [5, 5.41) is 8.90. The summed E-state index contributed by atoms with van der Waals surface area (Å²) in [6, 6.07) is 2.17. The summed E-state index contributed by atoms with van der Waals surface area (Å²) in [6.45, 7) is 9.30. The number of rotatable bonds is 2. The first-order valence-corrected chi connectivity index (χ1v) is 5.77. The van der Waals surface area contributed by atoms with Crippen molar-refractivity contribution in [1.82, 2.24) is 4.90 Å². The summed E-state index contributed by atoms with van der Waals surface area (Å²) in [4.78, 5) is 2.33. The van der Waals surface area contributed by atoms with Gasteiger partial charge in [0.05, 0.1) is 6.07 Å². The Bertz CT molecular complexity index is 250. The minimum absolute atomic E-state index is 0.451. The average Bonchev–Trinajstić information content (AvgIpc) is 2.28. The molecule has 1 fully saturated rings. The summed E-state index contributed by atoms with van der Waals surface area (Å²) >= 11 is 0. The van der Waals surface area contributed by atoms with Gasteiger partial charge in [-0.2, -0.15) is 5.26 Å². The van der Waals surface area contributed by atoms with Crippen molar-refractivity contribution in [2.75, 3.05) is 19.6 Å². The van der Waals surface area contributed by atoms with Crippen molar-refractivity contribution in [2.24, 2.45) is 11.1 Å². The normalized spacial score (nSPS) is 26.3. The number of hydrogen-bond donors (Lipinski definition) is 1. The molecule has 1 heterocycles. The topological polar surface area (TPSA) is 53.1 Å². The van der Waals surface area contributed by atoms with Gasteiger partial charge in [0.25, 0.3) is 0 Å². The van der Waals surface area contributed by atoms with Crippen LogP contribution in [0.3, 0.4) is 0 Å². The number of nitrogens with zero attached hydrogens (tertiary/aromatic N) is 2. The fourth-order valence-electron chi connectivity index (χ4n) is 2.14. The van der Waals surface area contributed by atoms with E-state index in [9.17, 15) is 0 Å². The van der Waals surface area contributed by atoms with Gasteiger partial charge in [-0.05, 0) is 44.7 Å². The molecule has 0 saturated carbocycles. The monoisotopic (exact) mass is 209 g/mol. The predicted octanol–water partition coefficient (Wildman–Crippen LogP) is 1.74. The Labute approximate surface area is 93.2 Å². The number of nitriles is 1. The van der Waals surface area contributed by atoms with E-state index in [0.29, 0.717) is 12.0 Å². The SMILES string of the molecule is CC(N)(C#N)CN1CCCC(C)(C)CC1. The molecule has 1 aliphatic heterocycles. The van der Waals surface area contributed by atoms with Crippen molar-refractivity contribution in [2.45, 2.75) is 45.6 Å². The molecule has 0 aliphatic carbocycles. The smallest absolute Gasteiger partial charge is 0.114 e. The molecule has 0 aromatic carbocycles. The van der Waals surface area contributed by atoms with Gasteiger partial charge in [0.1, 0.15) is 5.54 Å². The highest BCUT2D eigenvalue weighted by Crippen LogP contribution is 2.29. The van der Waals surface area contributed by atoms with Gasteiger partial charge in [-0.25, -0.2) is 0 Å². The van der Waals surface area contributed by atoms with E-state index in [1.807, 2.05) is 6.92 Å². The van der Waals surface area contributed by atoms with Gasteiger partial charge in [-0.3, -0.25) is 0 Å². The van der Waals surface area contributed by atoms with Crippen LogP contribution in [-0.4, -0.2) is 30.1 Å². The van der Waals surface area contributed by atoms with Gasteiger partial charge in [0.2, 0.25) is 0 Å². The van der Waals surface area contributed by atoms with E-state index in [1.54, 1.807) is 0 Å². The summed E-state index contributed by atoms with van der Waals surface area (Å²) in [6.07, 6.45) is 3.69. The lowest BCUT2D eigenvalue weighted by molar-refractivity contribution is 0.235. The molecule has 3 heteroatoms. The van der Waals surface area contributed by atoms with E-state index >= 15 is 0 Å². The van der Waals surface area contributed by atoms with E-state index in [1.165, 1.54) is 19.3 Å². The lowest BCUT2D eigenvalue weighted by Gasteiger charge is -2.27. The third kappa shape index (κ3) is 4.19. The molecule has 1 unspecified atom stereocenters. The molecule has 1 saturated heterocycles. The van der Waals surface area contributed by atoms with Crippen LogP contribution < -0.4 is 5.73 Å². The Morgan fingerprint density at radius 1 is 1.40 bits per heavy atom. The van der Waals surface area contributed by atoms with Crippen LogP contribution in [0, 0.1) is 16.7 Å². The third-order valence-electron chi connectivity index (χ3n) is 3.24. The molecule has 0 amide bonds. The molecule has 0 radical (unpaired) electrons. The Kier molecular flexibility index (Phi) is 3.75. The van der Waals surface area contributed by atoms with Crippen LogP contribution in [-0.2, 0) is 0 Å². The van der Waals surface area contributed by atoms with Gasteiger partial charge in [0.15, 0.2) is 0 Å². The van der Waals surface area contributed by atoms with Gasteiger partial charge in [0, 0.05) is 6.54 Å². The van der Waals surface area contributed by atoms with Gasteiger partial charge in [-0.15, -0.1) is 0 Å². The summed E-state index contributed by atoms with van der Waals surface area (Å²) in [5.74, 6) is 0. The second-order valence-corrected chi connectivity index (χ2v) is 5.82. The van der Waals surface area contributed by atoms with Crippen molar-refractivity contribution >= 4 is 0 Å². The molecule has 0 bridgehead atoms. The van der Waals surface area contributed by atoms with E-state index in [2.05, 4.69) is 24.8 Å². The Balaban J connectivity index is 2.49. The maximum atomic E-state index is 8.90. The second-order valence-electron chi connectivity index (χ2n) is 5.82. The van der Waals surface area contributed by atoms with E-state index in [0.717, 1.165) is 13.1 Å². The molecule has 0 aromatic rings. The number of hydrogen-bond acceptors (Lipinski definition) is 3. The Morgan fingerprint density at radius 3 is 2.67 bits per heavy atom. The van der Waals surface area contributed by atoms with Crippen LogP contribution in [0.15, 0.2) is 0 Å². The zero-order chi connectivity index (χ0) is 11.5. The lowest BCUT2D eigenvalue weighted by atomic mass is 9.85. The number of nitrogens with two attached hydrogens (primary N) is 1. The standard InChI is InChI=1S/C12H23N3/c1-11(2)5-4-7-15(8-6-11)10-12(3,14)9-13/h4-8,10,14H2,1-3H3. The molecular formula is C12H23N3. The van der Waals surface area contributed by atoms with Crippen LogP contribution >= 0.6 is 0 Å². The third-order valence-corrected chi connectivity index (χ3v) is 3.24. The lowest BCUT2D eigenvalue weighted by Crippen LogP contribution is -2.47. The van der Waals surface area contributed by atoms with Crippen molar-refractivity contribution in [3.63, 3.8) is 0 Å². The minimum Gasteiger partial charge on any atom is -0.313 e. The van der Waals surface area contributed by atoms with Crippen molar-refractivity contribution in [3.8, 4) is 6.07 Å². The van der Waals surface area contributed by atoms with Crippen molar-refractivity contribution < 1.29 is 0 Å².